The fourth-order valence-corrected chi connectivity index (χ4v) is 2.67. The zero-order chi connectivity index (χ0) is 15.5. The average molecular weight is 300 g/mol. The van der Waals surface area contributed by atoms with Crippen LogP contribution in [0, 0.1) is 6.92 Å². The number of anilines is 1. The molecule has 0 heterocycles. The molecule has 0 aromatic heterocycles. The number of benzene rings is 1. The van der Waals surface area contributed by atoms with Gasteiger partial charge in [-0.3, -0.25) is 4.72 Å². The number of carbonyl (C=O) groups excluding carboxylic acids is 1. The molecule has 0 saturated heterocycles. The molecule has 20 heavy (non-hydrogen) atoms. The van der Waals surface area contributed by atoms with E-state index in [0.29, 0.717) is 0 Å². The van der Waals surface area contributed by atoms with Gasteiger partial charge in [-0.05, 0) is 32.9 Å². The van der Waals surface area contributed by atoms with Crippen molar-refractivity contribution in [2.45, 2.75) is 26.8 Å². The minimum atomic E-state index is -3.71. The van der Waals surface area contributed by atoms with E-state index in [0.717, 1.165) is 5.56 Å². The first-order chi connectivity index (χ1) is 9.19. The van der Waals surface area contributed by atoms with Crippen molar-refractivity contribution >= 4 is 21.9 Å². The third kappa shape index (κ3) is 3.71. The van der Waals surface area contributed by atoms with Gasteiger partial charge in [0.1, 0.15) is 0 Å². The van der Waals surface area contributed by atoms with E-state index in [1.807, 2.05) is 6.92 Å². The van der Waals surface area contributed by atoms with Gasteiger partial charge in [0.05, 0.1) is 18.4 Å². The second kappa shape index (κ2) is 6.23. The molecule has 0 amide bonds. The van der Waals surface area contributed by atoms with Crippen molar-refractivity contribution in [3.05, 3.63) is 29.3 Å². The summed E-state index contributed by atoms with van der Waals surface area (Å²) in [6.07, 6.45) is 0. The average Bonchev–Trinajstić information content (AvgIpc) is 2.38. The number of ether oxygens (including phenoxy) is 1. The summed E-state index contributed by atoms with van der Waals surface area (Å²) < 4.78 is 32.6. The zero-order valence-corrected chi connectivity index (χ0v) is 13.1. The van der Waals surface area contributed by atoms with Crippen LogP contribution in [-0.2, 0) is 14.9 Å². The predicted octanol–water partition coefficient (Wildman–Crippen LogP) is 1.78. The van der Waals surface area contributed by atoms with Crippen LogP contribution in [0.2, 0.25) is 0 Å². The molecule has 0 bridgehead atoms. The maximum absolute atomic E-state index is 12.2. The van der Waals surface area contributed by atoms with E-state index in [9.17, 15) is 13.2 Å². The number of nitrogens with zero attached hydrogens (tertiary/aromatic N) is 1. The highest BCUT2D eigenvalue weighted by Gasteiger charge is 2.23. The lowest BCUT2D eigenvalue weighted by Crippen LogP contribution is -2.37. The molecule has 0 unspecified atom stereocenters. The third-order valence-corrected chi connectivity index (χ3v) is 4.58. The first-order valence-corrected chi connectivity index (χ1v) is 7.57. The number of nitrogens with one attached hydrogen (secondary N) is 1. The van der Waals surface area contributed by atoms with Crippen molar-refractivity contribution in [2.24, 2.45) is 0 Å². The maximum Gasteiger partial charge on any atom is 0.340 e. The number of aryl methyl sites for hydroxylation is 1. The van der Waals surface area contributed by atoms with Crippen LogP contribution in [0.25, 0.3) is 0 Å². The van der Waals surface area contributed by atoms with Gasteiger partial charge in [0.25, 0.3) is 0 Å². The van der Waals surface area contributed by atoms with Crippen LogP contribution in [-0.4, -0.2) is 38.9 Å². The molecule has 6 nitrogen and oxygen atoms in total. The van der Waals surface area contributed by atoms with E-state index in [4.69, 9.17) is 0 Å². The summed E-state index contributed by atoms with van der Waals surface area (Å²) in [4.78, 5) is 11.7. The van der Waals surface area contributed by atoms with Crippen molar-refractivity contribution < 1.29 is 17.9 Å². The van der Waals surface area contributed by atoms with Gasteiger partial charge in [-0.2, -0.15) is 12.7 Å². The number of esters is 1. The van der Waals surface area contributed by atoms with Gasteiger partial charge in [-0.25, -0.2) is 4.79 Å². The van der Waals surface area contributed by atoms with E-state index in [1.54, 1.807) is 32.0 Å². The van der Waals surface area contributed by atoms with Gasteiger partial charge in [0, 0.05) is 13.1 Å². The topological polar surface area (TPSA) is 75.7 Å². The second-order valence-corrected chi connectivity index (χ2v) is 6.49. The fourth-order valence-electron chi connectivity index (χ4n) is 1.51. The Bertz CT molecular complexity index is 596. The van der Waals surface area contributed by atoms with Crippen molar-refractivity contribution in [1.29, 1.82) is 0 Å². The summed E-state index contributed by atoms with van der Waals surface area (Å²) in [7, 11) is -0.990. The van der Waals surface area contributed by atoms with Crippen LogP contribution in [0.5, 0.6) is 0 Å². The summed E-state index contributed by atoms with van der Waals surface area (Å²) >= 11 is 0. The van der Waals surface area contributed by atoms with E-state index < -0.39 is 16.2 Å². The molecule has 0 spiro atoms. The lowest BCUT2D eigenvalue weighted by Gasteiger charge is -2.22. The molecule has 0 radical (unpaired) electrons. The maximum atomic E-state index is 12.2. The minimum Gasteiger partial charge on any atom is -0.465 e. The molecule has 0 atom stereocenters. The molecule has 0 fully saturated rings. The van der Waals surface area contributed by atoms with Gasteiger partial charge in [-0.15, -0.1) is 0 Å². The monoisotopic (exact) mass is 300 g/mol. The van der Waals surface area contributed by atoms with Crippen LogP contribution < -0.4 is 4.72 Å². The Labute approximate surface area is 119 Å². The van der Waals surface area contributed by atoms with E-state index in [-0.39, 0.29) is 17.3 Å². The van der Waals surface area contributed by atoms with Crippen LogP contribution >= 0.6 is 0 Å². The SMILES string of the molecule is COC(=O)c1cc(C)ccc1NS(=O)(=O)N(C)C(C)C. The second-order valence-electron chi connectivity index (χ2n) is 4.76. The molecular formula is C13H20N2O4S. The Kier molecular flexibility index (Phi) is 5.13. The molecule has 1 aromatic rings. The number of rotatable bonds is 5. The van der Waals surface area contributed by atoms with Crippen LogP contribution in [0.1, 0.15) is 29.8 Å². The smallest absolute Gasteiger partial charge is 0.340 e. The third-order valence-electron chi connectivity index (χ3n) is 2.93. The molecule has 1 aromatic carbocycles. The number of hydrogen-bond acceptors (Lipinski definition) is 4. The molecule has 7 heteroatoms. The van der Waals surface area contributed by atoms with Gasteiger partial charge in [-0.1, -0.05) is 11.6 Å². The largest absolute Gasteiger partial charge is 0.465 e. The Hall–Kier alpha value is -1.60. The van der Waals surface area contributed by atoms with Gasteiger partial charge < -0.3 is 4.74 Å². The Morgan fingerprint density at radius 3 is 2.45 bits per heavy atom. The van der Waals surface area contributed by atoms with Gasteiger partial charge in [0.2, 0.25) is 0 Å². The minimum absolute atomic E-state index is 0.188. The number of methoxy groups -OCH3 is 1. The molecule has 0 aliphatic carbocycles. The van der Waals surface area contributed by atoms with E-state index in [1.165, 1.54) is 18.5 Å². The highest BCUT2D eigenvalue weighted by molar-refractivity contribution is 7.90. The Morgan fingerprint density at radius 1 is 1.35 bits per heavy atom. The summed E-state index contributed by atoms with van der Waals surface area (Å²) in [6, 6.07) is 4.66. The Balaban J connectivity index is 3.19. The van der Waals surface area contributed by atoms with Crippen molar-refractivity contribution in [1.82, 2.24) is 4.31 Å². The molecule has 0 saturated carbocycles. The van der Waals surface area contributed by atoms with Gasteiger partial charge >= 0.3 is 16.2 Å². The van der Waals surface area contributed by atoms with Crippen LogP contribution in [0.15, 0.2) is 18.2 Å². The van der Waals surface area contributed by atoms with E-state index >= 15 is 0 Å². The fraction of sp³-hybridized carbons (Fsp3) is 0.462. The lowest BCUT2D eigenvalue weighted by atomic mass is 10.1. The van der Waals surface area contributed by atoms with Gasteiger partial charge in [0.15, 0.2) is 0 Å². The summed E-state index contributed by atoms with van der Waals surface area (Å²) in [6.45, 7) is 5.33. The quantitative estimate of drug-likeness (QED) is 0.841. The molecule has 1 rings (SSSR count). The van der Waals surface area contributed by atoms with E-state index in [2.05, 4.69) is 9.46 Å². The zero-order valence-electron chi connectivity index (χ0n) is 12.3. The van der Waals surface area contributed by atoms with Crippen LogP contribution in [0.3, 0.4) is 0 Å². The number of carbonyl (C=O) groups is 1. The first kappa shape index (κ1) is 16.5. The first-order valence-electron chi connectivity index (χ1n) is 6.13. The Morgan fingerprint density at radius 2 is 1.95 bits per heavy atom. The summed E-state index contributed by atoms with van der Waals surface area (Å²) in [5.74, 6) is -0.585. The number of hydrogen-bond donors (Lipinski definition) is 1. The molecule has 1 N–H and O–H groups in total. The molecule has 0 aliphatic heterocycles. The van der Waals surface area contributed by atoms with Crippen molar-refractivity contribution in [3.8, 4) is 0 Å². The lowest BCUT2D eigenvalue weighted by molar-refractivity contribution is 0.0602. The molecular weight excluding hydrogens is 280 g/mol. The predicted molar refractivity (Wildman–Crippen MR) is 78.0 cm³/mol. The van der Waals surface area contributed by atoms with Crippen molar-refractivity contribution in [2.75, 3.05) is 18.9 Å². The molecule has 0 aliphatic rings. The van der Waals surface area contributed by atoms with Crippen molar-refractivity contribution in [3.63, 3.8) is 0 Å². The molecule has 112 valence electrons. The summed E-state index contributed by atoms with van der Waals surface area (Å²) in [5.41, 5.74) is 1.23. The standard InChI is InChI=1S/C13H20N2O4S/c1-9(2)15(4)20(17,18)14-12-7-6-10(3)8-11(12)13(16)19-5/h6-9,14H,1-5H3. The van der Waals surface area contributed by atoms with Crippen LogP contribution in [0.4, 0.5) is 5.69 Å². The normalized spacial score (nSPS) is 11.8. The highest BCUT2D eigenvalue weighted by atomic mass is 32.2. The summed E-state index contributed by atoms with van der Waals surface area (Å²) in [5, 5.41) is 0. The highest BCUT2D eigenvalue weighted by Crippen LogP contribution is 2.21.